The molecule has 2 N–H and O–H groups in total. The molecule has 0 aromatic heterocycles. The molecular weight excluding hydrogens is 254 g/mol. The largest absolute Gasteiger partial charge is 0.389 e. The molecule has 3 unspecified atom stereocenters. The molecule has 1 aromatic carbocycles. The Bertz CT molecular complexity index is 390. The Kier molecular flexibility index (Phi) is 5.54. The van der Waals surface area contributed by atoms with Crippen LogP contribution in [-0.4, -0.2) is 43.1 Å². The van der Waals surface area contributed by atoms with Gasteiger partial charge in [0, 0.05) is 18.7 Å². The lowest BCUT2D eigenvalue weighted by molar-refractivity contribution is -0.00470. The average Bonchev–Trinajstić information content (AvgIpc) is 2.91. The van der Waals surface area contributed by atoms with E-state index in [-0.39, 0.29) is 11.6 Å². The number of benzene rings is 1. The standard InChI is InChI=1S/C16H25NO3/c1-13(14-6-4-3-5-7-14)20-11-15(18)10-17-16(2)8-9-19-12-16/h3-7,13,15,17-18H,8-12H2,1-2H3. The van der Waals surface area contributed by atoms with Gasteiger partial charge in [-0.2, -0.15) is 0 Å². The Hall–Kier alpha value is -0.940. The quantitative estimate of drug-likeness (QED) is 0.800. The number of aliphatic hydroxyl groups excluding tert-OH is 1. The molecule has 0 bridgehead atoms. The third kappa shape index (κ3) is 4.56. The molecule has 0 aliphatic carbocycles. The van der Waals surface area contributed by atoms with E-state index in [4.69, 9.17) is 9.47 Å². The molecule has 1 saturated heterocycles. The third-order valence-corrected chi connectivity index (χ3v) is 3.79. The van der Waals surface area contributed by atoms with E-state index in [1.165, 1.54) is 0 Å². The highest BCUT2D eigenvalue weighted by Crippen LogP contribution is 2.18. The number of aliphatic hydroxyl groups is 1. The SMILES string of the molecule is CC(OCC(O)CNC1(C)CCOC1)c1ccccc1. The van der Waals surface area contributed by atoms with Gasteiger partial charge in [0.25, 0.3) is 0 Å². The van der Waals surface area contributed by atoms with Gasteiger partial charge in [-0.15, -0.1) is 0 Å². The topological polar surface area (TPSA) is 50.7 Å². The van der Waals surface area contributed by atoms with Crippen LogP contribution in [0.2, 0.25) is 0 Å². The van der Waals surface area contributed by atoms with Crippen LogP contribution in [0.25, 0.3) is 0 Å². The molecular formula is C16H25NO3. The van der Waals surface area contributed by atoms with Crippen molar-refractivity contribution in [3.8, 4) is 0 Å². The smallest absolute Gasteiger partial charge is 0.0898 e. The Morgan fingerprint density at radius 2 is 2.15 bits per heavy atom. The second kappa shape index (κ2) is 7.18. The predicted octanol–water partition coefficient (Wildman–Crippen LogP) is 1.89. The van der Waals surface area contributed by atoms with Crippen molar-refractivity contribution in [2.45, 2.75) is 38.0 Å². The first-order valence-electron chi connectivity index (χ1n) is 7.26. The molecule has 1 aliphatic rings. The van der Waals surface area contributed by atoms with E-state index in [1.807, 2.05) is 37.3 Å². The van der Waals surface area contributed by atoms with Crippen LogP contribution in [0.15, 0.2) is 30.3 Å². The second-order valence-electron chi connectivity index (χ2n) is 5.78. The van der Waals surface area contributed by atoms with Crippen molar-refractivity contribution in [1.29, 1.82) is 0 Å². The lowest BCUT2D eigenvalue weighted by Gasteiger charge is -2.25. The van der Waals surface area contributed by atoms with E-state index >= 15 is 0 Å². The Morgan fingerprint density at radius 3 is 2.80 bits per heavy atom. The minimum Gasteiger partial charge on any atom is -0.389 e. The molecule has 0 amide bonds. The molecule has 1 fully saturated rings. The lowest BCUT2D eigenvalue weighted by atomic mass is 10.0. The maximum absolute atomic E-state index is 9.99. The van der Waals surface area contributed by atoms with Gasteiger partial charge >= 0.3 is 0 Å². The van der Waals surface area contributed by atoms with Gasteiger partial charge in [-0.05, 0) is 25.8 Å². The van der Waals surface area contributed by atoms with Gasteiger partial charge in [0.1, 0.15) is 0 Å². The summed E-state index contributed by atoms with van der Waals surface area (Å²) >= 11 is 0. The second-order valence-corrected chi connectivity index (χ2v) is 5.78. The van der Waals surface area contributed by atoms with Crippen molar-refractivity contribution in [2.24, 2.45) is 0 Å². The molecule has 20 heavy (non-hydrogen) atoms. The summed E-state index contributed by atoms with van der Waals surface area (Å²) in [6.07, 6.45) is 0.482. The number of β-amino-alcohol motifs (C(OH)–C–C–N with tert-alkyl or cyclic N) is 1. The Balaban J connectivity index is 1.68. The van der Waals surface area contributed by atoms with Crippen LogP contribution < -0.4 is 5.32 Å². The van der Waals surface area contributed by atoms with Crippen LogP contribution in [-0.2, 0) is 9.47 Å². The summed E-state index contributed by atoms with van der Waals surface area (Å²) in [7, 11) is 0. The fourth-order valence-corrected chi connectivity index (χ4v) is 2.31. The van der Waals surface area contributed by atoms with Gasteiger partial charge < -0.3 is 19.9 Å². The van der Waals surface area contributed by atoms with Gasteiger partial charge in [-0.3, -0.25) is 0 Å². The molecule has 0 radical (unpaired) electrons. The molecule has 1 aliphatic heterocycles. The minimum atomic E-state index is -0.501. The van der Waals surface area contributed by atoms with Crippen LogP contribution in [0.5, 0.6) is 0 Å². The predicted molar refractivity (Wildman–Crippen MR) is 78.7 cm³/mol. The van der Waals surface area contributed by atoms with E-state index in [0.717, 1.165) is 18.6 Å². The summed E-state index contributed by atoms with van der Waals surface area (Å²) in [6, 6.07) is 10.0. The van der Waals surface area contributed by atoms with Gasteiger partial charge in [0.2, 0.25) is 0 Å². The van der Waals surface area contributed by atoms with Crippen LogP contribution in [0.3, 0.4) is 0 Å². The summed E-state index contributed by atoms with van der Waals surface area (Å²) < 4.78 is 11.1. The van der Waals surface area contributed by atoms with Gasteiger partial charge in [0.15, 0.2) is 0 Å². The first kappa shape index (κ1) is 15.4. The van der Waals surface area contributed by atoms with E-state index in [9.17, 15) is 5.11 Å². The number of hydrogen-bond donors (Lipinski definition) is 2. The monoisotopic (exact) mass is 279 g/mol. The Labute approximate surface area is 121 Å². The first-order valence-corrected chi connectivity index (χ1v) is 7.26. The van der Waals surface area contributed by atoms with Crippen LogP contribution in [0.1, 0.15) is 31.9 Å². The van der Waals surface area contributed by atoms with Crippen molar-refractivity contribution < 1.29 is 14.6 Å². The molecule has 3 atom stereocenters. The van der Waals surface area contributed by atoms with Crippen molar-refractivity contribution in [3.63, 3.8) is 0 Å². The first-order chi connectivity index (χ1) is 9.59. The summed E-state index contributed by atoms with van der Waals surface area (Å²) in [4.78, 5) is 0. The van der Waals surface area contributed by atoms with Crippen molar-refractivity contribution in [1.82, 2.24) is 5.32 Å². The Morgan fingerprint density at radius 1 is 1.40 bits per heavy atom. The normalized spacial score (nSPS) is 25.6. The summed E-state index contributed by atoms with van der Waals surface area (Å²) in [5, 5.41) is 13.4. The summed E-state index contributed by atoms with van der Waals surface area (Å²) in [5.41, 5.74) is 1.12. The third-order valence-electron chi connectivity index (χ3n) is 3.79. The number of rotatable bonds is 7. The number of nitrogens with one attached hydrogen (secondary N) is 1. The maximum Gasteiger partial charge on any atom is 0.0898 e. The zero-order chi connectivity index (χ0) is 14.4. The zero-order valence-corrected chi connectivity index (χ0v) is 12.3. The van der Waals surface area contributed by atoms with E-state index < -0.39 is 6.10 Å². The molecule has 1 aromatic rings. The maximum atomic E-state index is 9.99. The fraction of sp³-hybridized carbons (Fsp3) is 0.625. The highest BCUT2D eigenvalue weighted by atomic mass is 16.5. The minimum absolute atomic E-state index is 0.00347. The highest BCUT2D eigenvalue weighted by Gasteiger charge is 2.29. The van der Waals surface area contributed by atoms with E-state index in [1.54, 1.807) is 0 Å². The van der Waals surface area contributed by atoms with Crippen molar-refractivity contribution in [2.75, 3.05) is 26.4 Å². The van der Waals surface area contributed by atoms with Crippen LogP contribution in [0, 0.1) is 0 Å². The van der Waals surface area contributed by atoms with Gasteiger partial charge in [-0.1, -0.05) is 30.3 Å². The molecule has 4 nitrogen and oxygen atoms in total. The molecule has 0 spiro atoms. The van der Waals surface area contributed by atoms with Crippen LogP contribution >= 0.6 is 0 Å². The van der Waals surface area contributed by atoms with E-state index in [0.29, 0.717) is 19.8 Å². The molecule has 4 heteroatoms. The highest BCUT2D eigenvalue weighted by molar-refractivity contribution is 5.16. The summed E-state index contributed by atoms with van der Waals surface area (Å²) in [6.45, 7) is 6.49. The molecule has 1 heterocycles. The molecule has 2 rings (SSSR count). The van der Waals surface area contributed by atoms with Gasteiger partial charge in [-0.25, -0.2) is 0 Å². The molecule has 0 saturated carbocycles. The zero-order valence-electron chi connectivity index (χ0n) is 12.3. The summed E-state index contributed by atoms with van der Waals surface area (Å²) in [5.74, 6) is 0. The van der Waals surface area contributed by atoms with Crippen molar-refractivity contribution >= 4 is 0 Å². The average molecular weight is 279 g/mol. The number of ether oxygens (including phenoxy) is 2. The van der Waals surface area contributed by atoms with Crippen molar-refractivity contribution in [3.05, 3.63) is 35.9 Å². The fourth-order valence-electron chi connectivity index (χ4n) is 2.31. The van der Waals surface area contributed by atoms with Gasteiger partial charge in [0.05, 0.1) is 25.4 Å². The molecule has 112 valence electrons. The van der Waals surface area contributed by atoms with Crippen LogP contribution in [0.4, 0.5) is 0 Å². The number of hydrogen-bond acceptors (Lipinski definition) is 4. The lowest BCUT2D eigenvalue weighted by Crippen LogP contribution is -2.47. The van der Waals surface area contributed by atoms with E-state index in [2.05, 4.69) is 12.2 Å².